The first-order chi connectivity index (χ1) is 8.24. The summed E-state index contributed by atoms with van der Waals surface area (Å²) in [6, 6.07) is 5.66. The molecule has 0 bridgehead atoms. The summed E-state index contributed by atoms with van der Waals surface area (Å²) in [4.78, 5) is 13.2. The van der Waals surface area contributed by atoms with Gasteiger partial charge in [-0.15, -0.1) is 6.42 Å². The lowest BCUT2D eigenvalue weighted by Gasteiger charge is -2.24. The van der Waals surface area contributed by atoms with Crippen molar-refractivity contribution in [3.63, 3.8) is 0 Å². The summed E-state index contributed by atoms with van der Waals surface area (Å²) in [5.74, 6) is 3.40. The normalized spacial score (nSPS) is 14.1. The minimum absolute atomic E-state index is 0.549. The standard InChI is InChI=1S/C14H14BrNO/c1-2-7-16(9-11-3-4-11)14-8-13(15)6-5-12(14)10-17/h1,5-6,8,10-11H,3-4,7,9H2. The van der Waals surface area contributed by atoms with Gasteiger partial charge in [0.05, 0.1) is 6.54 Å². The van der Waals surface area contributed by atoms with Crippen LogP contribution in [0.5, 0.6) is 0 Å². The fraction of sp³-hybridized carbons (Fsp3) is 0.357. The molecule has 1 aliphatic carbocycles. The van der Waals surface area contributed by atoms with Crippen molar-refractivity contribution in [2.75, 3.05) is 18.0 Å². The Morgan fingerprint density at radius 3 is 2.88 bits per heavy atom. The molecule has 0 spiro atoms. The van der Waals surface area contributed by atoms with Crippen LogP contribution in [0.4, 0.5) is 5.69 Å². The van der Waals surface area contributed by atoms with Gasteiger partial charge in [0.15, 0.2) is 6.29 Å². The van der Waals surface area contributed by atoms with E-state index in [4.69, 9.17) is 6.42 Å². The van der Waals surface area contributed by atoms with Gasteiger partial charge in [-0.25, -0.2) is 0 Å². The summed E-state index contributed by atoms with van der Waals surface area (Å²) in [7, 11) is 0. The van der Waals surface area contributed by atoms with Gasteiger partial charge in [0.1, 0.15) is 0 Å². The maximum atomic E-state index is 11.1. The molecule has 0 saturated heterocycles. The van der Waals surface area contributed by atoms with Crippen LogP contribution in [0, 0.1) is 18.3 Å². The van der Waals surface area contributed by atoms with Crippen LogP contribution in [0.25, 0.3) is 0 Å². The van der Waals surface area contributed by atoms with Crippen LogP contribution in [0.15, 0.2) is 22.7 Å². The topological polar surface area (TPSA) is 20.3 Å². The Bertz CT molecular complexity index is 460. The number of carbonyl (C=O) groups is 1. The van der Waals surface area contributed by atoms with Crippen molar-refractivity contribution < 1.29 is 4.79 Å². The van der Waals surface area contributed by atoms with E-state index < -0.39 is 0 Å². The second-order valence-corrected chi connectivity index (χ2v) is 5.26. The summed E-state index contributed by atoms with van der Waals surface area (Å²) in [6.45, 7) is 1.50. The first-order valence-corrected chi connectivity index (χ1v) is 6.47. The molecule has 0 amide bonds. The number of terminal acetylenes is 1. The molecule has 0 aromatic heterocycles. The Morgan fingerprint density at radius 2 is 2.29 bits per heavy atom. The van der Waals surface area contributed by atoms with E-state index in [-0.39, 0.29) is 0 Å². The number of hydrogen-bond acceptors (Lipinski definition) is 2. The molecule has 17 heavy (non-hydrogen) atoms. The van der Waals surface area contributed by atoms with Crippen LogP contribution in [0.1, 0.15) is 23.2 Å². The number of aldehydes is 1. The summed E-state index contributed by atoms with van der Waals surface area (Å²) in [5.41, 5.74) is 1.63. The van der Waals surface area contributed by atoms with Crippen LogP contribution >= 0.6 is 15.9 Å². The predicted molar refractivity (Wildman–Crippen MR) is 73.3 cm³/mol. The van der Waals surface area contributed by atoms with Gasteiger partial charge in [0.25, 0.3) is 0 Å². The molecule has 1 fully saturated rings. The van der Waals surface area contributed by atoms with Crippen molar-refractivity contribution in [1.82, 2.24) is 0 Å². The van der Waals surface area contributed by atoms with Crippen LogP contribution < -0.4 is 4.90 Å². The van der Waals surface area contributed by atoms with Crippen LogP contribution in [-0.4, -0.2) is 19.4 Å². The molecule has 0 aliphatic heterocycles. The predicted octanol–water partition coefficient (Wildman–Crippen LogP) is 3.11. The molecule has 3 heteroatoms. The largest absolute Gasteiger partial charge is 0.359 e. The third-order valence-corrected chi connectivity index (χ3v) is 3.41. The lowest BCUT2D eigenvalue weighted by atomic mass is 10.1. The lowest BCUT2D eigenvalue weighted by Crippen LogP contribution is -2.27. The second-order valence-electron chi connectivity index (χ2n) is 4.35. The van der Waals surface area contributed by atoms with Gasteiger partial charge in [-0.05, 0) is 37.0 Å². The highest BCUT2D eigenvalue weighted by Crippen LogP contribution is 2.33. The molecule has 0 radical (unpaired) electrons. The highest BCUT2D eigenvalue weighted by Gasteiger charge is 2.25. The van der Waals surface area contributed by atoms with E-state index in [1.807, 2.05) is 18.2 Å². The molecule has 2 nitrogen and oxygen atoms in total. The molecule has 88 valence electrons. The van der Waals surface area contributed by atoms with Crippen molar-refractivity contribution in [2.45, 2.75) is 12.8 Å². The first kappa shape index (κ1) is 12.2. The third-order valence-electron chi connectivity index (χ3n) is 2.92. The maximum Gasteiger partial charge on any atom is 0.152 e. The average molecular weight is 292 g/mol. The van der Waals surface area contributed by atoms with E-state index in [1.165, 1.54) is 12.8 Å². The minimum Gasteiger partial charge on any atom is -0.359 e. The summed E-state index contributed by atoms with van der Waals surface area (Å²) < 4.78 is 0.968. The van der Waals surface area contributed by atoms with Gasteiger partial charge in [-0.1, -0.05) is 21.9 Å². The fourth-order valence-corrected chi connectivity index (χ4v) is 2.21. The van der Waals surface area contributed by atoms with E-state index in [9.17, 15) is 4.79 Å². The van der Waals surface area contributed by atoms with Crippen LogP contribution in [0.3, 0.4) is 0 Å². The van der Waals surface area contributed by atoms with Crippen molar-refractivity contribution in [2.24, 2.45) is 5.92 Å². The molecule has 0 unspecified atom stereocenters. The number of carbonyl (C=O) groups excluding carboxylic acids is 1. The Morgan fingerprint density at radius 1 is 1.53 bits per heavy atom. The third kappa shape index (κ3) is 3.10. The van der Waals surface area contributed by atoms with Crippen molar-refractivity contribution >= 4 is 27.9 Å². The minimum atomic E-state index is 0.549. The molecule has 0 heterocycles. The first-order valence-electron chi connectivity index (χ1n) is 5.67. The Kier molecular flexibility index (Phi) is 3.86. The molecule has 1 aromatic rings. The molecule has 1 aromatic carbocycles. The van der Waals surface area contributed by atoms with Crippen molar-refractivity contribution in [1.29, 1.82) is 0 Å². The molecule has 0 atom stereocenters. The van der Waals surface area contributed by atoms with Gasteiger partial charge in [0.2, 0.25) is 0 Å². The molecular weight excluding hydrogens is 278 g/mol. The lowest BCUT2D eigenvalue weighted by molar-refractivity contribution is 0.112. The fourth-order valence-electron chi connectivity index (χ4n) is 1.86. The smallest absolute Gasteiger partial charge is 0.152 e. The Labute approximate surface area is 110 Å². The molecule has 1 aliphatic rings. The zero-order valence-corrected chi connectivity index (χ0v) is 11.1. The number of nitrogens with zero attached hydrogens (tertiary/aromatic N) is 1. The van der Waals surface area contributed by atoms with Gasteiger partial charge >= 0.3 is 0 Å². The molecule has 1 saturated carbocycles. The van der Waals surface area contributed by atoms with E-state index >= 15 is 0 Å². The summed E-state index contributed by atoms with van der Waals surface area (Å²) in [5, 5.41) is 0. The molecule has 2 rings (SSSR count). The van der Waals surface area contributed by atoms with E-state index in [2.05, 4.69) is 26.8 Å². The number of rotatable bonds is 5. The highest BCUT2D eigenvalue weighted by atomic mass is 79.9. The second kappa shape index (κ2) is 5.37. The monoisotopic (exact) mass is 291 g/mol. The van der Waals surface area contributed by atoms with Crippen LogP contribution in [0.2, 0.25) is 0 Å². The number of hydrogen-bond donors (Lipinski definition) is 0. The van der Waals surface area contributed by atoms with Crippen molar-refractivity contribution in [3.8, 4) is 12.3 Å². The zero-order chi connectivity index (χ0) is 12.3. The van der Waals surface area contributed by atoms with E-state index in [0.29, 0.717) is 12.1 Å². The Hall–Kier alpha value is -1.27. The summed E-state index contributed by atoms with van der Waals surface area (Å²) in [6.07, 6.45) is 8.83. The van der Waals surface area contributed by atoms with Gasteiger partial charge in [-0.3, -0.25) is 4.79 Å². The quantitative estimate of drug-likeness (QED) is 0.614. The van der Waals surface area contributed by atoms with Gasteiger partial charge in [-0.2, -0.15) is 0 Å². The van der Waals surface area contributed by atoms with E-state index in [0.717, 1.165) is 28.9 Å². The molecule has 0 N–H and O–H groups in total. The number of halogens is 1. The molecular formula is C14H14BrNO. The highest BCUT2D eigenvalue weighted by molar-refractivity contribution is 9.10. The SMILES string of the molecule is C#CCN(CC1CC1)c1cc(Br)ccc1C=O. The van der Waals surface area contributed by atoms with Gasteiger partial charge < -0.3 is 4.90 Å². The van der Waals surface area contributed by atoms with Crippen LogP contribution in [-0.2, 0) is 0 Å². The van der Waals surface area contributed by atoms with E-state index in [1.54, 1.807) is 0 Å². The van der Waals surface area contributed by atoms with Gasteiger partial charge in [0, 0.05) is 22.3 Å². The summed E-state index contributed by atoms with van der Waals surface area (Å²) >= 11 is 3.43. The number of benzene rings is 1. The number of anilines is 1. The average Bonchev–Trinajstić information content (AvgIpc) is 3.12. The Balaban J connectivity index is 2.29. The van der Waals surface area contributed by atoms with Crippen molar-refractivity contribution in [3.05, 3.63) is 28.2 Å². The zero-order valence-electron chi connectivity index (χ0n) is 9.53. The maximum absolute atomic E-state index is 11.1.